The second-order valence-electron chi connectivity index (χ2n) is 8.42. The number of nitrogens with zero attached hydrogens (tertiary/aromatic N) is 4. The van der Waals surface area contributed by atoms with Gasteiger partial charge in [-0.2, -0.15) is 5.26 Å². The summed E-state index contributed by atoms with van der Waals surface area (Å²) in [5, 5.41) is 15.9. The molecule has 0 spiro atoms. The summed E-state index contributed by atoms with van der Waals surface area (Å²) in [6.07, 6.45) is -2.76. The number of halogens is 2. The number of likely N-dealkylation sites (tertiary alicyclic amines) is 1. The van der Waals surface area contributed by atoms with Crippen molar-refractivity contribution in [2.75, 3.05) is 31.6 Å². The number of rotatable bonds is 4. The van der Waals surface area contributed by atoms with Crippen molar-refractivity contribution in [2.24, 2.45) is 0 Å². The lowest BCUT2D eigenvalue weighted by molar-refractivity contribution is 0.0187. The van der Waals surface area contributed by atoms with Gasteiger partial charge in [0.2, 0.25) is 0 Å². The molecule has 0 bridgehead atoms. The lowest BCUT2D eigenvalue weighted by atomic mass is 10.0. The number of aromatic nitrogens is 2. The molecule has 0 radical (unpaired) electrons. The Kier molecular flexibility index (Phi) is 6.42. The minimum atomic E-state index is -2.72. The Morgan fingerprint density at radius 2 is 2.14 bits per heavy atom. The molecule has 2 aliphatic heterocycles. The number of urea groups is 1. The Morgan fingerprint density at radius 1 is 1.29 bits per heavy atom. The number of anilines is 1. The predicted molar refractivity (Wildman–Crippen MR) is 127 cm³/mol. The quantitative estimate of drug-likeness (QED) is 0.561. The maximum Gasteiger partial charge on any atom is 0.323 e. The number of nitrogens with one attached hydrogen (secondary N) is 2. The largest absolute Gasteiger partial charge is 0.373 e. The van der Waals surface area contributed by atoms with Gasteiger partial charge < -0.3 is 15.0 Å². The number of amides is 2. The van der Waals surface area contributed by atoms with Crippen molar-refractivity contribution in [3.05, 3.63) is 53.3 Å². The van der Waals surface area contributed by atoms with Gasteiger partial charge >= 0.3 is 6.03 Å². The van der Waals surface area contributed by atoms with Crippen molar-refractivity contribution in [1.82, 2.24) is 20.2 Å². The van der Waals surface area contributed by atoms with Crippen LogP contribution in [0.25, 0.3) is 21.7 Å². The van der Waals surface area contributed by atoms with E-state index in [1.165, 1.54) is 17.4 Å². The van der Waals surface area contributed by atoms with E-state index in [1.807, 2.05) is 0 Å². The molecule has 2 aromatic heterocycles. The van der Waals surface area contributed by atoms with Gasteiger partial charge in [-0.15, -0.1) is 0 Å². The number of aryl methyl sites for hydroxylation is 1. The molecule has 0 unspecified atom stereocenters. The SMILES string of the molecule is Cc1cc(-c2sc(NC(=O)N3C[C@@H]4NCCO[C@@H]4C3)nc2-c2cccc(C#N)c2)cc(C(F)F)n1. The van der Waals surface area contributed by atoms with Crippen LogP contribution < -0.4 is 10.6 Å². The van der Waals surface area contributed by atoms with E-state index in [9.17, 15) is 18.8 Å². The van der Waals surface area contributed by atoms with Gasteiger partial charge in [-0.25, -0.2) is 18.6 Å². The average molecular weight is 497 g/mol. The second-order valence-corrected chi connectivity index (χ2v) is 9.42. The molecule has 2 N–H and O–H groups in total. The molecule has 2 aliphatic rings. The van der Waals surface area contributed by atoms with Gasteiger partial charge in [-0.1, -0.05) is 23.5 Å². The predicted octanol–water partition coefficient (Wildman–Crippen LogP) is 4.19. The van der Waals surface area contributed by atoms with Crippen LogP contribution in [0.3, 0.4) is 0 Å². The fourth-order valence-electron chi connectivity index (χ4n) is 4.37. The van der Waals surface area contributed by atoms with Crippen molar-refractivity contribution in [2.45, 2.75) is 25.5 Å². The number of carbonyl (C=O) groups excluding carboxylic acids is 1. The molecule has 1 aromatic carbocycles. The number of ether oxygens (including phenoxy) is 1. The fraction of sp³-hybridized carbons (Fsp3) is 0.333. The summed E-state index contributed by atoms with van der Waals surface area (Å²) < 4.78 is 32.6. The van der Waals surface area contributed by atoms with Crippen molar-refractivity contribution in [3.8, 4) is 27.8 Å². The Balaban J connectivity index is 1.50. The number of alkyl halides is 2. The molecule has 5 rings (SSSR count). The van der Waals surface area contributed by atoms with Crippen LogP contribution in [0.2, 0.25) is 0 Å². The third kappa shape index (κ3) is 4.86. The van der Waals surface area contributed by atoms with Gasteiger partial charge in [0.1, 0.15) is 5.69 Å². The van der Waals surface area contributed by atoms with Crippen LogP contribution in [-0.2, 0) is 4.74 Å². The maximum absolute atomic E-state index is 13.5. The van der Waals surface area contributed by atoms with Crippen LogP contribution in [0.15, 0.2) is 36.4 Å². The summed E-state index contributed by atoms with van der Waals surface area (Å²) in [7, 11) is 0. The van der Waals surface area contributed by atoms with Gasteiger partial charge in [0.05, 0.1) is 47.5 Å². The number of thiazole rings is 1. The highest BCUT2D eigenvalue weighted by atomic mass is 32.1. The molecule has 4 heterocycles. The Morgan fingerprint density at radius 3 is 2.91 bits per heavy atom. The van der Waals surface area contributed by atoms with Crippen LogP contribution in [0.4, 0.5) is 18.7 Å². The third-order valence-corrected chi connectivity index (χ3v) is 6.98. The molecule has 2 amide bonds. The first kappa shape index (κ1) is 23.3. The van der Waals surface area contributed by atoms with E-state index in [-0.39, 0.29) is 23.9 Å². The molecule has 0 aliphatic carbocycles. The Hall–Kier alpha value is -3.46. The van der Waals surface area contributed by atoms with Crippen molar-refractivity contribution >= 4 is 22.5 Å². The summed E-state index contributed by atoms with van der Waals surface area (Å²) in [6, 6.07) is 11.8. The van der Waals surface area contributed by atoms with Gasteiger partial charge in [0.15, 0.2) is 5.13 Å². The van der Waals surface area contributed by atoms with Crippen molar-refractivity contribution < 1.29 is 18.3 Å². The second kappa shape index (κ2) is 9.65. The Bertz CT molecular complexity index is 1290. The normalized spacial score (nSPS) is 19.5. The molecule has 0 saturated carbocycles. The molecule has 180 valence electrons. The molecule has 2 atom stereocenters. The molecule has 2 saturated heterocycles. The van der Waals surface area contributed by atoms with Gasteiger partial charge in [-0.05, 0) is 36.8 Å². The first-order valence-corrected chi connectivity index (χ1v) is 11.9. The first-order chi connectivity index (χ1) is 16.9. The van der Waals surface area contributed by atoms with Gasteiger partial charge in [0, 0.05) is 24.3 Å². The van der Waals surface area contributed by atoms with Crippen LogP contribution in [0.1, 0.15) is 23.4 Å². The summed E-state index contributed by atoms with van der Waals surface area (Å²) in [4.78, 5) is 23.8. The van der Waals surface area contributed by atoms with E-state index in [0.29, 0.717) is 57.8 Å². The third-order valence-electron chi connectivity index (χ3n) is 5.96. The van der Waals surface area contributed by atoms with Crippen LogP contribution in [-0.4, -0.2) is 59.3 Å². The lowest BCUT2D eigenvalue weighted by Gasteiger charge is -2.25. The monoisotopic (exact) mass is 496 g/mol. The minimum Gasteiger partial charge on any atom is -0.373 e. The zero-order valence-electron chi connectivity index (χ0n) is 18.8. The molecule has 35 heavy (non-hydrogen) atoms. The summed E-state index contributed by atoms with van der Waals surface area (Å²) in [5.74, 6) is 0. The number of morpholine rings is 1. The topological polar surface area (TPSA) is 103 Å². The van der Waals surface area contributed by atoms with E-state index in [0.717, 1.165) is 6.54 Å². The summed E-state index contributed by atoms with van der Waals surface area (Å²) in [6.45, 7) is 4.01. The molecule has 8 nitrogen and oxygen atoms in total. The molecule has 2 fully saturated rings. The average Bonchev–Trinajstić information content (AvgIpc) is 3.48. The van der Waals surface area contributed by atoms with Crippen molar-refractivity contribution in [3.63, 3.8) is 0 Å². The highest BCUT2D eigenvalue weighted by molar-refractivity contribution is 7.19. The number of carbonyl (C=O) groups is 1. The first-order valence-electron chi connectivity index (χ1n) is 11.1. The Labute approximate surface area is 204 Å². The maximum atomic E-state index is 13.5. The molecular weight excluding hydrogens is 474 g/mol. The van der Waals surface area contributed by atoms with E-state index in [4.69, 9.17) is 4.74 Å². The molecular formula is C24H22F2N6O2S. The zero-order chi connectivity index (χ0) is 24.5. The van der Waals surface area contributed by atoms with Crippen LogP contribution in [0.5, 0.6) is 0 Å². The number of hydrogen-bond donors (Lipinski definition) is 2. The highest BCUT2D eigenvalue weighted by Crippen LogP contribution is 2.40. The summed E-state index contributed by atoms with van der Waals surface area (Å²) in [5.41, 5.74) is 2.22. The van der Waals surface area contributed by atoms with Crippen LogP contribution in [0, 0.1) is 18.3 Å². The molecule has 3 aromatic rings. The number of hydrogen-bond acceptors (Lipinski definition) is 7. The standard InChI is InChI=1S/C24H22F2N6O2S/c1-13-7-16(9-17(29-13)22(25)26)21-20(15-4-2-3-14(8-15)10-27)30-23(35-21)31-24(33)32-11-18-19(12-32)34-6-5-28-18/h2-4,7-9,18-19,22,28H,5-6,11-12H2,1H3,(H,30,31,33)/t18-,19+/m0/s1. The van der Waals surface area contributed by atoms with E-state index in [2.05, 4.69) is 26.7 Å². The summed E-state index contributed by atoms with van der Waals surface area (Å²) >= 11 is 1.19. The molecule has 11 heteroatoms. The van der Waals surface area contributed by atoms with Crippen LogP contribution >= 0.6 is 11.3 Å². The van der Waals surface area contributed by atoms with E-state index < -0.39 is 6.43 Å². The van der Waals surface area contributed by atoms with Gasteiger partial charge in [0.25, 0.3) is 6.43 Å². The minimum absolute atomic E-state index is 0.0433. The zero-order valence-corrected chi connectivity index (χ0v) is 19.6. The van der Waals surface area contributed by atoms with E-state index >= 15 is 0 Å². The highest BCUT2D eigenvalue weighted by Gasteiger charge is 2.37. The number of pyridine rings is 1. The van der Waals surface area contributed by atoms with E-state index in [1.54, 1.807) is 42.2 Å². The number of benzene rings is 1. The van der Waals surface area contributed by atoms with Gasteiger partial charge in [-0.3, -0.25) is 10.3 Å². The lowest BCUT2D eigenvalue weighted by Crippen LogP contribution is -2.47. The smallest absolute Gasteiger partial charge is 0.323 e. The number of nitriles is 1. The number of fused-ring (bicyclic) bond motifs is 1. The fourth-order valence-corrected chi connectivity index (χ4v) is 5.33. The van der Waals surface area contributed by atoms with Crippen molar-refractivity contribution in [1.29, 1.82) is 5.26 Å².